The fraction of sp³-hybridized carbons (Fsp3) is 0.615. The van der Waals surface area contributed by atoms with E-state index >= 15 is 0 Å². The van der Waals surface area contributed by atoms with Gasteiger partial charge >= 0.3 is 0 Å². The third-order valence-electron chi connectivity index (χ3n) is 3.13. The predicted molar refractivity (Wildman–Crippen MR) is 73.7 cm³/mol. The molecule has 0 aromatic carbocycles. The lowest BCUT2D eigenvalue weighted by molar-refractivity contribution is -0.145. The van der Waals surface area contributed by atoms with E-state index in [9.17, 15) is 9.59 Å². The minimum Gasteiger partial charge on any atom is -0.343 e. The number of hydrogen-bond acceptors (Lipinski definition) is 4. The van der Waals surface area contributed by atoms with E-state index in [0.717, 1.165) is 17.8 Å². The monoisotopic (exact) mass is 281 g/mol. The molecule has 2 heterocycles. The predicted octanol–water partition coefficient (Wildman–Crippen LogP) is 1.33. The Bertz CT molecular complexity index is 472. The molecule has 6 heteroatoms. The zero-order valence-corrected chi connectivity index (χ0v) is 12.1. The van der Waals surface area contributed by atoms with Crippen LogP contribution in [0.3, 0.4) is 0 Å². The van der Waals surface area contributed by atoms with Gasteiger partial charge in [0.25, 0.3) is 0 Å². The van der Waals surface area contributed by atoms with E-state index < -0.39 is 0 Å². The molecule has 1 atom stereocenters. The lowest BCUT2D eigenvalue weighted by atomic mass is 10.1. The van der Waals surface area contributed by atoms with Crippen LogP contribution in [0.25, 0.3) is 0 Å². The van der Waals surface area contributed by atoms with Gasteiger partial charge in [0.1, 0.15) is 17.6 Å². The molecule has 2 amide bonds. The first kappa shape index (κ1) is 14.0. The van der Waals surface area contributed by atoms with Crippen LogP contribution >= 0.6 is 11.3 Å². The topological polar surface area (TPSA) is 62.3 Å². The molecule has 1 unspecified atom stereocenters. The van der Waals surface area contributed by atoms with Gasteiger partial charge in [-0.1, -0.05) is 20.3 Å². The van der Waals surface area contributed by atoms with Gasteiger partial charge in [0.05, 0.1) is 6.54 Å². The van der Waals surface area contributed by atoms with Crippen LogP contribution < -0.4 is 5.32 Å². The SMILES string of the molecule is CCCC1NC(=O)CN(Cc2ncc(CC)s2)C1=O. The Balaban J connectivity index is 2.05. The Morgan fingerprint density at radius 3 is 2.89 bits per heavy atom. The second kappa shape index (κ2) is 6.14. The van der Waals surface area contributed by atoms with Crippen LogP contribution in [0.2, 0.25) is 0 Å². The summed E-state index contributed by atoms with van der Waals surface area (Å²) in [4.78, 5) is 31.0. The third kappa shape index (κ3) is 3.32. The van der Waals surface area contributed by atoms with Crippen molar-refractivity contribution in [3.05, 3.63) is 16.1 Å². The second-order valence-electron chi connectivity index (χ2n) is 4.68. The van der Waals surface area contributed by atoms with Crippen molar-refractivity contribution in [1.82, 2.24) is 15.2 Å². The molecule has 1 aromatic heterocycles. The van der Waals surface area contributed by atoms with Gasteiger partial charge in [-0.15, -0.1) is 11.3 Å². The first-order valence-electron chi connectivity index (χ1n) is 6.65. The maximum Gasteiger partial charge on any atom is 0.245 e. The highest BCUT2D eigenvalue weighted by molar-refractivity contribution is 7.11. The fourth-order valence-electron chi connectivity index (χ4n) is 2.14. The van der Waals surface area contributed by atoms with Crippen molar-refractivity contribution in [2.45, 2.75) is 45.7 Å². The molecular weight excluding hydrogens is 262 g/mol. The molecule has 1 aliphatic rings. The summed E-state index contributed by atoms with van der Waals surface area (Å²) < 4.78 is 0. The molecule has 0 bridgehead atoms. The summed E-state index contributed by atoms with van der Waals surface area (Å²) in [6.45, 7) is 4.66. The van der Waals surface area contributed by atoms with Gasteiger partial charge in [-0.2, -0.15) is 0 Å². The van der Waals surface area contributed by atoms with Crippen molar-refractivity contribution in [3.63, 3.8) is 0 Å². The van der Waals surface area contributed by atoms with Crippen LogP contribution in [0.4, 0.5) is 0 Å². The number of aryl methyl sites for hydroxylation is 1. The Labute approximate surface area is 117 Å². The first-order chi connectivity index (χ1) is 9.13. The maximum absolute atomic E-state index is 12.2. The van der Waals surface area contributed by atoms with E-state index in [1.165, 1.54) is 4.88 Å². The highest BCUT2D eigenvalue weighted by Gasteiger charge is 2.32. The van der Waals surface area contributed by atoms with Gasteiger partial charge in [0.2, 0.25) is 11.8 Å². The number of carbonyl (C=O) groups excluding carboxylic acids is 2. The first-order valence-corrected chi connectivity index (χ1v) is 7.47. The van der Waals surface area contributed by atoms with E-state index in [-0.39, 0.29) is 24.4 Å². The van der Waals surface area contributed by atoms with Crippen LogP contribution in [-0.2, 0) is 22.6 Å². The quantitative estimate of drug-likeness (QED) is 0.885. The summed E-state index contributed by atoms with van der Waals surface area (Å²) in [5, 5.41) is 3.65. The minimum atomic E-state index is -0.364. The van der Waals surface area contributed by atoms with E-state index in [4.69, 9.17) is 0 Å². The van der Waals surface area contributed by atoms with Gasteiger partial charge in [-0.3, -0.25) is 9.59 Å². The lowest BCUT2D eigenvalue weighted by Gasteiger charge is -2.31. The average Bonchev–Trinajstić information content (AvgIpc) is 2.83. The molecular formula is C13H19N3O2S. The van der Waals surface area contributed by atoms with Crippen molar-refractivity contribution in [2.75, 3.05) is 6.54 Å². The highest BCUT2D eigenvalue weighted by Crippen LogP contribution is 2.17. The van der Waals surface area contributed by atoms with Crippen LogP contribution in [0.1, 0.15) is 36.6 Å². The molecule has 1 saturated heterocycles. The molecule has 1 aliphatic heterocycles. The molecule has 0 spiro atoms. The zero-order valence-electron chi connectivity index (χ0n) is 11.3. The summed E-state index contributed by atoms with van der Waals surface area (Å²) in [6, 6.07) is -0.364. The Kier molecular flexibility index (Phi) is 4.52. The number of hydrogen-bond donors (Lipinski definition) is 1. The number of thiazole rings is 1. The summed E-state index contributed by atoms with van der Waals surface area (Å²) in [6.07, 6.45) is 4.36. The Hall–Kier alpha value is -1.43. The van der Waals surface area contributed by atoms with Gasteiger partial charge < -0.3 is 10.2 Å². The normalized spacial score (nSPS) is 19.7. The molecule has 1 N–H and O–H groups in total. The summed E-state index contributed by atoms with van der Waals surface area (Å²) in [5.74, 6) is -0.0694. The average molecular weight is 281 g/mol. The fourth-order valence-corrected chi connectivity index (χ4v) is 3.02. The van der Waals surface area contributed by atoms with Crippen LogP contribution in [-0.4, -0.2) is 34.3 Å². The molecule has 0 saturated carbocycles. The minimum absolute atomic E-state index is 0.00898. The molecule has 1 aromatic rings. The number of piperazine rings is 1. The van der Waals surface area contributed by atoms with Crippen molar-refractivity contribution >= 4 is 23.2 Å². The third-order valence-corrected chi connectivity index (χ3v) is 4.26. The molecule has 2 rings (SSSR count). The largest absolute Gasteiger partial charge is 0.343 e. The van der Waals surface area contributed by atoms with Crippen LogP contribution in [0.5, 0.6) is 0 Å². The van der Waals surface area contributed by atoms with Gasteiger partial charge in [0.15, 0.2) is 0 Å². The molecule has 19 heavy (non-hydrogen) atoms. The van der Waals surface area contributed by atoms with Crippen molar-refractivity contribution < 1.29 is 9.59 Å². The number of rotatable bonds is 5. The lowest BCUT2D eigenvalue weighted by Crippen LogP contribution is -2.57. The van der Waals surface area contributed by atoms with E-state index in [0.29, 0.717) is 13.0 Å². The zero-order chi connectivity index (χ0) is 13.8. The van der Waals surface area contributed by atoms with Crippen LogP contribution in [0, 0.1) is 0 Å². The number of nitrogens with zero attached hydrogens (tertiary/aromatic N) is 2. The summed E-state index contributed by atoms with van der Waals surface area (Å²) in [5.41, 5.74) is 0. The second-order valence-corrected chi connectivity index (χ2v) is 5.88. The Morgan fingerprint density at radius 1 is 1.47 bits per heavy atom. The number of carbonyl (C=O) groups is 2. The summed E-state index contributed by atoms with van der Waals surface area (Å²) >= 11 is 1.61. The summed E-state index contributed by atoms with van der Waals surface area (Å²) in [7, 11) is 0. The number of aromatic nitrogens is 1. The maximum atomic E-state index is 12.2. The van der Waals surface area contributed by atoms with Crippen molar-refractivity contribution in [1.29, 1.82) is 0 Å². The van der Waals surface area contributed by atoms with E-state index in [1.54, 1.807) is 16.2 Å². The van der Waals surface area contributed by atoms with Gasteiger partial charge in [0, 0.05) is 11.1 Å². The number of nitrogens with one attached hydrogen (secondary N) is 1. The molecule has 0 radical (unpaired) electrons. The molecule has 5 nitrogen and oxygen atoms in total. The van der Waals surface area contributed by atoms with Crippen molar-refractivity contribution in [2.24, 2.45) is 0 Å². The van der Waals surface area contributed by atoms with Gasteiger partial charge in [-0.25, -0.2) is 4.98 Å². The highest BCUT2D eigenvalue weighted by atomic mass is 32.1. The Morgan fingerprint density at radius 2 is 2.26 bits per heavy atom. The van der Waals surface area contributed by atoms with Gasteiger partial charge in [-0.05, 0) is 12.8 Å². The van der Waals surface area contributed by atoms with E-state index in [1.807, 2.05) is 13.1 Å². The van der Waals surface area contributed by atoms with E-state index in [2.05, 4.69) is 17.2 Å². The molecule has 104 valence electrons. The van der Waals surface area contributed by atoms with Crippen molar-refractivity contribution in [3.8, 4) is 0 Å². The molecule has 0 aliphatic carbocycles. The van der Waals surface area contributed by atoms with Crippen LogP contribution in [0.15, 0.2) is 6.20 Å². The smallest absolute Gasteiger partial charge is 0.245 e. The number of amides is 2. The molecule has 1 fully saturated rings. The standard InChI is InChI=1S/C13H19N3O2S/c1-3-5-10-13(18)16(7-11(17)15-10)8-12-14-6-9(4-2)19-12/h6,10H,3-5,7-8H2,1-2H3,(H,15,17).